The molecule has 0 unspecified atom stereocenters. The van der Waals surface area contributed by atoms with Gasteiger partial charge in [-0.15, -0.1) is 0 Å². The molecule has 2 N–H and O–H groups in total. The van der Waals surface area contributed by atoms with Gasteiger partial charge in [-0.05, 0) is 19.9 Å². The third-order valence-electron chi connectivity index (χ3n) is 2.53. The summed E-state index contributed by atoms with van der Waals surface area (Å²) in [7, 11) is 0. The minimum absolute atomic E-state index is 0.00498. The Balaban J connectivity index is 1.99. The largest absolute Gasteiger partial charge is 0.480 e. The lowest BCUT2D eigenvalue weighted by atomic mass is 10.2. The Morgan fingerprint density at radius 2 is 2.14 bits per heavy atom. The first-order valence-electron chi connectivity index (χ1n) is 6.63. The zero-order valence-electron chi connectivity index (χ0n) is 12.2. The van der Waals surface area contributed by atoms with E-state index >= 15 is 0 Å². The highest BCUT2D eigenvalue weighted by Gasteiger charge is 2.10. The van der Waals surface area contributed by atoms with Crippen LogP contribution in [0.1, 0.15) is 24.2 Å². The number of anilines is 1. The Bertz CT molecular complexity index is 664. The number of amides is 1. The second-order valence-corrected chi connectivity index (χ2v) is 4.80. The number of hydrogen-bond donors (Lipinski definition) is 2. The van der Waals surface area contributed by atoms with E-state index in [2.05, 4.69) is 15.4 Å². The quantitative estimate of drug-likeness (QED) is 0.835. The van der Waals surface area contributed by atoms with Gasteiger partial charge in [0.05, 0.1) is 11.7 Å². The lowest BCUT2D eigenvalue weighted by Crippen LogP contribution is -2.14. The summed E-state index contributed by atoms with van der Waals surface area (Å²) in [5, 5.41) is 15.2. The molecular formula is C14H16N4O4. The maximum absolute atomic E-state index is 12.0. The molecule has 0 aromatic carbocycles. The van der Waals surface area contributed by atoms with E-state index in [4.69, 9.17) is 9.84 Å². The predicted octanol–water partition coefficient (Wildman–Crippen LogP) is 1.40. The average Bonchev–Trinajstić information content (AvgIpc) is 2.85. The van der Waals surface area contributed by atoms with E-state index in [0.717, 1.165) is 0 Å². The number of aromatic nitrogens is 3. The number of carbonyl (C=O) groups is 2. The Morgan fingerprint density at radius 1 is 1.36 bits per heavy atom. The number of ether oxygens (including phenoxy) is 1. The van der Waals surface area contributed by atoms with Crippen molar-refractivity contribution in [2.45, 2.75) is 26.5 Å². The molecule has 8 nitrogen and oxygen atoms in total. The second-order valence-electron chi connectivity index (χ2n) is 4.80. The fourth-order valence-corrected chi connectivity index (χ4v) is 1.67. The van der Waals surface area contributed by atoms with E-state index in [0.29, 0.717) is 11.4 Å². The molecule has 0 aliphatic rings. The van der Waals surface area contributed by atoms with Gasteiger partial charge in [0.2, 0.25) is 5.88 Å². The van der Waals surface area contributed by atoms with Crippen LogP contribution in [0.4, 0.5) is 5.82 Å². The van der Waals surface area contributed by atoms with Crippen LogP contribution in [0.5, 0.6) is 5.88 Å². The Morgan fingerprint density at radius 3 is 2.73 bits per heavy atom. The summed E-state index contributed by atoms with van der Waals surface area (Å²) in [6, 6.07) is 4.72. The molecule has 0 saturated heterocycles. The van der Waals surface area contributed by atoms with Crippen LogP contribution in [-0.2, 0) is 11.3 Å². The maximum Gasteiger partial charge on any atom is 0.325 e. The standard InChI is InChI=1S/C14H16N4O4/c1-9(2)22-12-4-3-10(7-15-12)14(21)16-11-5-6-18(17-11)8-13(19)20/h3-7,9H,8H2,1-2H3,(H,19,20)(H,16,17,21). The van der Waals surface area contributed by atoms with E-state index in [9.17, 15) is 9.59 Å². The van der Waals surface area contributed by atoms with Crippen molar-refractivity contribution in [2.75, 3.05) is 5.32 Å². The van der Waals surface area contributed by atoms with Crippen LogP contribution in [0.25, 0.3) is 0 Å². The third kappa shape index (κ3) is 4.30. The van der Waals surface area contributed by atoms with Crippen molar-refractivity contribution < 1.29 is 19.4 Å². The van der Waals surface area contributed by atoms with Crippen LogP contribution < -0.4 is 10.1 Å². The Labute approximate surface area is 126 Å². The SMILES string of the molecule is CC(C)Oc1ccc(C(=O)Nc2ccn(CC(=O)O)n2)cn1. The van der Waals surface area contributed by atoms with Crippen molar-refractivity contribution >= 4 is 17.7 Å². The summed E-state index contributed by atoms with van der Waals surface area (Å²) >= 11 is 0. The summed E-state index contributed by atoms with van der Waals surface area (Å²) in [5.41, 5.74) is 0.351. The molecule has 0 fully saturated rings. The van der Waals surface area contributed by atoms with Gasteiger partial charge < -0.3 is 15.2 Å². The summed E-state index contributed by atoms with van der Waals surface area (Å²) in [6.45, 7) is 3.50. The Hall–Kier alpha value is -2.90. The molecule has 0 spiro atoms. The number of rotatable bonds is 6. The lowest BCUT2D eigenvalue weighted by molar-refractivity contribution is -0.137. The van der Waals surface area contributed by atoms with E-state index in [1.165, 1.54) is 23.1 Å². The lowest BCUT2D eigenvalue weighted by Gasteiger charge is -2.08. The van der Waals surface area contributed by atoms with Gasteiger partial charge in [0.15, 0.2) is 5.82 Å². The van der Waals surface area contributed by atoms with Gasteiger partial charge in [-0.1, -0.05) is 0 Å². The van der Waals surface area contributed by atoms with E-state index < -0.39 is 5.97 Å². The molecule has 2 heterocycles. The van der Waals surface area contributed by atoms with Crippen LogP contribution >= 0.6 is 0 Å². The van der Waals surface area contributed by atoms with E-state index in [1.54, 1.807) is 12.1 Å². The molecule has 1 amide bonds. The van der Waals surface area contributed by atoms with Gasteiger partial charge in [-0.2, -0.15) is 5.10 Å². The van der Waals surface area contributed by atoms with Gasteiger partial charge in [0, 0.05) is 24.5 Å². The van der Waals surface area contributed by atoms with Gasteiger partial charge in [-0.3, -0.25) is 14.3 Å². The first kappa shape index (κ1) is 15.5. The number of carbonyl (C=O) groups excluding carboxylic acids is 1. The smallest absolute Gasteiger partial charge is 0.325 e. The average molecular weight is 304 g/mol. The molecule has 2 aromatic heterocycles. The summed E-state index contributed by atoms with van der Waals surface area (Å²) in [6.07, 6.45) is 2.88. The fraction of sp³-hybridized carbons (Fsp3) is 0.286. The van der Waals surface area contributed by atoms with Crippen LogP contribution in [-0.4, -0.2) is 37.9 Å². The minimum Gasteiger partial charge on any atom is -0.480 e. The van der Waals surface area contributed by atoms with Crippen molar-refractivity contribution in [3.63, 3.8) is 0 Å². The van der Waals surface area contributed by atoms with Gasteiger partial charge in [0.25, 0.3) is 5.91 Å². The molecule has 0 bridgehead atoms. The van der Waals surface area contributed by atoms with Crippen molar-refractivity contribution in [3.05, 3.63) is 36.2 Å². The van der Waals surface area contributed by atoms with Gasteiger partial charge in [0.1, 0.15) is 6.54 Å². The number of nitrogens with one attached hydrogen (secondary N) is 1. The van der Waals surface area contributed by atoms with Crippen molar-refractivity contribution in [1.29, 1.82) is 0 Å². The zero-order chi connectivity index (χ0) is 16.1. The van der Waals surface area contributed by atoms with Crippen LogP contribution in [0.2, 0.25) is 0 Å². The van der Waals surface area contributed by atoms with E-state index in [-0.39, 0.29) is 24.4 Å². The van der Waals surface area contributed by atoms with Crippen LogP contribution in [0.3, 0.4) is 0 Å². The zero-order valence-corrected chi connectivity index (χ0v) is 12.2. The highest BCUT2D eigenvalue weighted by atomic mass is 16.5. The highest BCUT2D eigenvalue weighted by molar-refractivity contribution is 6.03. The molecule has 0 saturated carbocycles. The number of aliphatic carboxylic acids is 1. The molecule has 116 valence electrons. The number of pyridine rings is 1. The third-order valence-corrected chi connectivity index (χ3v) is 2.53. The summed E-state index contributed by atoms with van der Waals surface area (Å²) in [5.74, 6) is -0.680. The highest BCUT2D eigenvalue weighted by Crippen LogP contribution is 2.11. The van der Waals surface area contributed by atoms with Crippen molar-refractivity contribution in [2.24, 2.45) is 0 Å². The van der Waals surface area contributed by atoms with Crippen molar-refractivity contribution in [1.82, 2.24) is 14.8 Å². The Kier molecular flexibility index (Phi) is 4.72. The monoisotopic (exact) mass is 304 g/mol. The summed E-state index contributed by atoms with van der Waals surface area (Å²) < 4.78 is 6.61. The molecule has 0 radical (unpaired) electrons. The topological polar surface area (TPSA) is 106 Å². The van der Waals surface area contributed by atoms with E-state index in [1.807, 2.05) is 13.8 Å². The number of hydrogen-bond acceptors (Lipinski definition) is 5. The molecular weight excluding hydrogens is 288 g/mol. The minimum atomic E-state index is -1.01. The predicted molar refractivity (Wildman–Crippen MR) is 77.8 cm³/mol. The molecule has 0 aliphatic heterocycles. The molecule has 2 aromatic rings. The molecule has 22 heavy (non-hydrogen) atoms. The van der Waals surface area contributed by atoms with Crippen LogP contribution in [0.15, 0.2) is 30.6 Å². The second kappa shape index (κ2) is 6.70. The van der Waals surface area contributed by atoms with Gasteiger partial charge >= 0.3 is 5.97 Å². The maximum atomic E-state index is 12.0. The normalized spacial score (nSPS) is 10.5. The molecule has 8 heteroatoms. The van der Waals surface area contributed by atoms with Crippen molar-refractivity contribution in [3.8, 4) is 5.88 Å². The van der Waals surface area contributed by atoms with Gasteiger partial charge in [-0.25, -0.2) is 4.98 Å². The number of carboxylic acids is 1. The molecule has 0 aliphatic carbocycles. The first-order valence-corrected chi connectivity index (χ1v) is 6.63. The fourth-order valence-electron chi connectivity index (χ4n) is 1.67. The molecule has 2 rings (SSSR count). The van der Waals surface area contributed by atoms with Crippen LogP contribution in [0, 0.1) is 0 Å². The molecule has 0 atom stereocenters. The first-order chi connectivity index (χ1) is 10.4. The summed E-state index contributed by atoms with van der Waals surface area (Å²) in [4.78, 5) is 26.6. The number of nitrogens with zero attached hydrogens (tertiary/aromatic N) is 3. The number of carboxylic acid groups (broad SMARTS) is 1.